The van der Waals surface area contributed by atoms with E-state index in [9.17, 15) is 13.5 Å². The summed E-state index contributed by atoms with van der Waals surface area (Å²) in [4.78, 5) is 0.194. The molecule has 7 heteroatoms. The van der Waals surface area contributed by atoms with Gasteiger partial charge in [-0.25, -0.2) is 8.42 Å². The maximum Gasteiger partial charge on any atom is 0.244 e. The molecule has 0 bridgehead atoms. The molecule has 1 N–H and O–H groups in total. The van der Waals surface area contributed by atoms with Crippen LogP contribution in [-0.4, -0.2) is 24.9 Å². The molecule has 21 heavy (non-hydrogen) atoms. The molecule has 2 aromatic rings. The van der Waals surface area contributed by atoms with E-state index >= 15 is 0 Å². The average molecular weight is 435 g/mol. The first kappa shape index (κ1) is 16.5. The Bertz CT molecular complexity index is 763. The number of phenolic OH excluding ortho intramolecular Hbond substituents is 1. The Morgan fingerprint density at radius 1 is 1.14 bits per heavy atom. The Kier molecular flexibility index (Phi) is 5.08. The number of benzene rings is 2. The fraction of sp³-hybridized carbons (Fsp3) is 0.143. The highest BCUT2D eigenvalue weighted by Gasteiger charge is 2.23. The van der Waals surface area contributed by atoms with E-state index in [0.717, 1.165) is 0 Å². The molecule has 0 spiro atoms. The van der Waals surface area contributed by atoms with Gasteiger partial charge in [0.15, 0.2) is 0 Å². The summed E-state index contributed by atoms with van der Waals surface area (Å²) in [6, 6.07) is 11.5. The van der Waals surface area contributed by atoms with Gasteiger partial charge in [0.1, 0.15) is 5.75 Å². The van der Waals surface area contributed by atoms with Crippen molar-refractivity contribution in [1.29, 1.82) is 0 Å². The predicted octanol–water partition coefficient (Wildman–Crippen LogP) is 3.74. The van der Waals surface area contributed by atoms with Crippen molar-refractivity contribution in [2.24, 2.45) is 0 Å². The molecule has 0 saturated heterocycles. The topological polar surface area (TPSA) is 57.6 Å². The molecule has 0 amide bonds. The first-order valence-corrected chi connectivity index (χ1v) is 9.02. The van der Waals surface area contributed by atoms with Gasteiger partial charge >= 0.3 is 0 Å². The van der Waals surface area contributed by atoms with Crippen LogP contribution in [0.5, 0.6) is 5.75 Å². The number of rotatable bonds is 4. The minimum atomic E-state index is -3.63. The third-order valence-electron chi connectivity index (χ3n) is 2.90. The number of sulfonamides is 1. The van der Waals surface area contributed by atoms with Gasteiger partial charge in [0.2, 0.25) is 10.0 Å². The van der Waals surface area contributed by atoms with Gasteiger partial charge in [0, 0.05) is 22.5 Å². The Labute approximate surface area is 140 Å². The molecule has 4 nitrogen and oxygen atoms in total. The van der Waals surface area contributed by atoms with E-state index < -0.39 is 10.0 Å². The van der Waals surface area contributed by atoms with Crippen molar-refractivity contribution in [1.82, 2.24) is 4.31 Å². The van der Waals surface area contributed by atoms with E-state index in [1.807, 2.05) is 0 Å². The molecular weight excluding hydrogens is 422 g/mol. The fourth-order valence-electron chi connectivity index (χ4n) is 1.84. The molecule has 0 saturated carbocycles. The molecule has 0 aliphatic heterocycles. The van der Waals surface area contributed by atoms with Crippen LogP contribution < -0.4 is 0 Å². The van der Waals surface area contributed by atoms with Gasteiger partial charge in [-0.2, -0.15) is 4.31 Å². The lowest BCUT2D eigenvalue weighted by molar-refractivity contribution is 0.458. The van der Waals surface area contributed by atoms with Crippen LogP contribution in [-0.2, 0) is 16.6 Å². The van der Waals surface area contributed by atoms with Crippen LogP contribution in [0.2, 0.25) is 0 Å². The van der Waals surface area contributed by atoms with Crippen molar-refractivity contribution in [3.05, 3.63) is 57.0 Å². The first-order valence-electron chi connectivity index (χ1n) is 6.00. The maximum absolute atomic E-state index is 12.6. The summed E-state index contributed by atoms with van der Waals surface area (Å²) in [5, 5.41) is 9.44. The van der Waals surface area contributed by atoms with Gasteiger partial charge in [-0.1, -0.05) is 28.1 Å². The fourth-order valence-corrected chi connectivity index (χ4v) is 4.46. The van der Waals surface area contributed by atoms with Crippen LogP contribution in [0.4, 0.5) is 0 Å². The maximum atomic E-state index is 12.6. The minimum Gasteiger partial charge on any atom is -0.508 e. The Hall–Kier alpha value is -0.890. The van der Waals surface area contributed by atoms with Crippen LogP contribution in [0, 0.1) is 0 Å². The smallest absolute Gasteiger partial charge is 0.244 e. The number of hydrogen-bond donors (Lipinski definition) is 1. The van der Waals surface area contributed by atoms with Crippen molar-refractivity contribution in [2.75, 3.05) is 7.05 Å². The number of hydrogen-bond acceptors (Lipinski definition) is 3. The van der Waals surface area contributed by atoms with E-state index in [1.54, 1.807) is 42.5 Å². The number of aromatic hydroxyl groups is 1. The molecule has 2 rings (SSSR count). The van der Waals surface area contributed by atoms with Crippen LogP contribution in [0.1, 0.15) is 5.56 Å². The minimum absolute atomic E-state index is 0.113. The third-order valence-corrected chi connectivity index (χ3v) is 6.19. The lowest BCUT2D eigenvalue weighted by Crippen LogP contribution is -2.26. The van der Waals surface area contributed by atoms with Crippen LogP contribution >= 0.6 is 31.9 Å². The molecule has 0 aliphatic carbocycles. The highest BCUT2D eigenvalue weighted by molar-refractivity contribution is 9.11. The second-order valence-electron chi connectivity index (χ2n) is 4.51. The lowest BCUT2D eigenvalue weighted by Gasteiger charge is -2.18. The molecule has 0 heterocycles. The zero-order valence-electron chi connectivity index (χ0n) is 11.1. The summed E-state index contributed by atoms with van der Waals surface area (Å²) in [6.07, 6.45) is 0. The number of phenols is 1. The van der Waals surface area contributed by atoms with E-state index in [0.29, 0.717) is 14.5 Å². The van der Waals surface area contributed by atoms with Gasteiger partial charge < -0.3 is 5.11 Å². The molecular formula is C14H13Br2NO3S. The summed E-state index contributed by atoms with van der Waals surface area (Å²) >= 11 is 6.54. The standard InChI is InChI=1S/C14H13Br2NO3S/c1-17(9-10-3-2-4-12(18)7-10)21(19,20)14-8-11(15)5-6-13(14)16/h2-8,18H,9H2,1H3. The second kappa shape index (κ2) is 6.48. The summed E-state index contributed by atoms with van der Waals surface area (Å²) < 4.78 is 27.7. The largest absolute Gasteiger partial charge is 0.508 e. The van der Waals surface area contributed by atoms with Gasteiger partial charge in [0.25, 0.3) is 0 Å². The molecule has 0 unspecified atom stereocenters. The molecule has 0 atom stereocenters. The van der Waals surface area contributed by atoms with Crippen molar-refractivity contribution in [2.45, 2.75) is 11.4 Å². The van der Waals surface area contributed by atoms with E-state index in [4.69, 9.17) is 0 Å². The number of halogens is 2. The third kappa shape index (κ3) is 3.85. The zero-order chi connectivity index (χ0) is 15.6. The van der Waals surface area contributed by atoms with Gasteiger partial charge in [0.05, 0.1) is 4.90 Å². The summed E-state index contributed by atoms with van der Waals surface area (Å²) in [5.41, 5.74) is 0.715. The van der Waals surface area contributed by atoms with E-state index in [2.05, 4.69) is 31.9 Å². The highest BCUT2D eigenvalue weighted by atomic mass is 79.9. The Balaban J connectivity index is 2.33. The van der Waals surface area contributed by atoms with Crippen LogP contribution in [0.3, 0.4) is 0 Å². The Morgan fingerprint density at radius 3 is 2.52 bits per heavy atom. The van der Waals surface area contributed by atoms with Crippen molar-refractivity contribution in [3.63, 3.8) is 0 Å². The van der Waals surface area contributed by atoms with E-state index in [1.165, 1.54) is 11.4 Å². The quantitative estimate of drug-likeness (QED) is 0.797. The summed E-state index contributed by atoms with van der Waals surface area (Å²) in [6.45, 7) is 0.176. The molecule has 112 valence electrons. The van der Waals surface area contributed by atoms with E-state index in [-0.39, 0.29) is 17.2 Å². The van der Waals surface area contributed by atoms with Crippen molar-refractivity contribution in [3.8, 4) is 5.75 Å². The van der Waals surface area contributed by atoms with Crippen molar-refractivity contribution < 1.29 is 13.5 Å². The van der Waals surface area contributed by atoms with Gasteiger partial charge in [-0.3, -0.25) is 0 Å². The summed E-state index contributed by atoms with van der Waals surface area (Å²) in [7, 11) is -2.12. The summed E-state index contributed by atoms with van der Waals surface area (Å²) in [5.74, 6) is 0.113. The van der Waals surface area contributed by atoms with Crippen LogP contribution in [0.15, 0.2) is 56.3 Å². The molecule has 0 fully saturated rings. The highest BCUT2D eigenvalue weighted by Crippen LogP contribution is 2.28. The normalized spacial score (nSPS) is 11.8. The first-order chi connectivity index (χ1) is 9.80. The monoisotopic (exact) mass is 433 g/mol. The lowest BCUT2D eigenvalue weighted by atomic mass is 10.2. The molecule has 0 aliphatic rings. The Morgan fingerprint density at radius 2 is 1.86 bits per heavy atom. The molecule has 2 aromatic carbocycles. The molecule has 0 aromatic heterocycles. The molecule has 0 radical (unpaired) electrons. The second-order valence-corrected chi connectivity index (χ2v) is 8.29. The number of nitrogens with zero attached hydrogens (tertiary/aromatic N) is 1. The predicted molar refractivity (Wildman–Crippen MR) is 88.6 cm³/mol. The average Bonchev–Trinajstić information content (AvgIpc) is 2.41. The SMILES string of the molecule is CN(Cc1cccc(O)c1)S(=O)(=O)c1cc(Br)ccc1Br. The van der Waals surface area contributed by atoms with Gasteiger partial charge in [-0.15, -0.1) is 0 Å². The zero-order valence-corrected chi connectivity index (χ0v) is 15.1. The van der Waals surface area contributed by atoms with Crippen molar-refractivity contribution >= 4 is 41.9 Å². The van der Waals surface area contributed by atoms with Crippen LogP contribution in [0.25, 0.3) is 0 Å². The van der Waals surface area contributed by atoms with Gasteiger partial charge in [-0.05, 0) is 51.8 Å².